The molecule has 0 aliphatic rings. The molecule has 0 spiro atoms. The number of aromatic carboxylic acids is 1. The molecule has 0 saturated heterocycles. The number of fused-ring (bicyclic) bond motifs is 1. The summed E-state index contributed by atoms with van der Waals surface area (Å²) in [6.45, 7) is 4.24. The molecule has 0 atom stereocenters. The first kappa shape index (κ1) is 16.7. The van der Waals surface area contributed by atoms with Gasteiger partial charge >= 0.3 is 5.97 Å². The van der Waals surface area contributed by atoms with Gasteiger partial charge in [0, 0.05) is 19.3 Å². The summed E-state index contributed by atoms with van der Waals surface area (Å²) in [6.07, 6.45) is 1.87. The van der Waals surface area contributed by atoms with Crippen LogP contribution < -0.4 is 11.5 Å². The SMILES string of the molecule is CCN(Cc1ccc(C(=O)O)cc1)Cc1c[nH]c2nc(N)nc(N)c12. The smallest absolute Gasteiger partial charge is 0.335 e. The van der Waals surface area contributed by atoms with E-state index in [0.29, 0.717) is 24.6 Å². The third kappa shape index (κ3) is 3.53. The topological polar surface area (TPSA) is 134 Å². The van der Waals surface area contributed by atoms with Crippen LogP contribution in [0.1, 0.15) is 28.4 Å². The number of hydrogen-bond acceptors (Lipinski definition) is 6. The van der Waals surface area contributed by atoms with Crippen LogP contribution in [-0.4, -0.2) is 37.5 Å². The van der Waals surface area contributed by atoms with Crippen LogP contribution in [0.5, 0.6) is 0 Å². The van der Waals surface area contributed by atoms with Crippen LogP contribution in [0.4, 0.5) is 11.8 Å². The van der Waals surface area contributed by atoms with Gasteiger partial charge in [-0.2, -0.15) is 9.97 Å². The number of nitrogens with two attached hydrogens (primary N) is 2. The molecule has 0 bridgehead atoms. The van der Waals surface area contributed by atoms with Crippen molar-refractivity contribution in [2.45, 2.75) is 20.0 Å². The second-order valence-electron chi connectivity index (χ2n) is 5.81. The maximum Gasteiger partial charge on any atom is 0.335 e. The van der Waals surface area contributed by atoms with Crippen LogP contribution in [-0.2, 0) is 13.1 Å². The zero-order chi connectivity index (χ0) is 18.0. The lowest BCUT2D eigenvalue weighted by Crippen LogP contribution is -2.22. The Labute approximate surface area is 144 Å². The van der Waals surface area contributed by atoms with Crippen LogP contribution in [0.3, 0.4) is 0 Å². The summed E-state index contributed by atoms with van der Waals surface area (Å²) in [7, 11) is 0. The normalized spacial score (nSPS) is 11.3. The lowest BCUT2D eigenvalue weighted by Gasteiger charge is -2.20. The molecule has 3 aromatic rings. The van der Waals surface area contributed by atoms with Crippen LogP contribution >= 0.6 is 0 Å². The number of hydrogen-bond donors (Lipinski definition) is 4. The number of aromatic amines is 1. The van der Waals surface area contributed by atoms with Crippen molar-refractivity contribution in [2.75, 3.05) is 18.0 Å². The molecule has 3 rings (SSSR count). The van der Waals surface area contributed by atoms with E-state index in [1.807, 2.05) is 18.3 Å². The van der Waals surface area contributed by atoms with Gasteiger partial charge in [-0.25, -0.2) is 4.79 Å². The average Bonchev–Trinajstić information content (AvgIpc) is 2.97. The minimum absolute atomic E-state index is 0.143. The van der Waals surface area contributed by atoms with Crippen LogP contribution in [0.25, 0.3) is 11.0 Å². The third-order valence-electron chi connectivity index (χ3n) is 4.11. The Morgan fingerprint density at radius 1 is 1.20 bits per heavy atom. The maximum absolute atomic E-state index is 10.9. The Balaban J connectivity index is 1.79. The van der Waals surface area contributed by atoms with E-state index in [0.717, 1.165) is 23.1 Å². The number of nitrogen functional groups attached to an aromatic ring is 2. The molecule has 0 unspecified atom stereocenters. The van der Waals surface area contributed by atoms with Crippen molar-refractivity contribution in [1.29, 1.82) is 0 Å². The van der Waals surface area contributed by atoms with Crippen molar-refractivity contribution in [1.82, 2.24) is 19.9 Å². The highest BCUT2D eigenvalue weighted by Gasteiger charge is 2.14. The van der Waals surface area contributed by atoms with Gasteiger partial charge in [-0.05, 0) is 29.8 Å². The lowest BCUT2D eigenvalue weighted by atomic mass is 10.1. The number of rotatable bonds is 6. The van der Waals surface area contributed by atoms with E-state index in [1.165, 1.54) is 0 Å². The molecule has 1 aromatic carbocycles. The summed E-state index contributed by atoms with van der Waals surface area (Å²) < 4.78 is 0. The lowest BCUT2D eigenvalue weighted by molar-refractivity contribution is 0.0697. The van der Waals surface area contributed by atoms with Gasteiger partial charge in [-0.15, -0.1) is 0 Å². The number of nitrogens with one attached hydrogen (secondary N) is 1. The Kier molecular flexibility index (Phi) is 4.53. The van der Waals surface area contributed by atoms with Gasteiger partial charge in [0.1, 0.15) is 11.5 Å². The zero-order valence-corrected chi connectivity index (χ0v) is 13.9. The zero-order valence-electron chi connectivity index (χ0n) is 13.9. The molecule has 0 amide bonds. The first-order valence-corrected chi connectivity index (χ1v) is 7.91. The molecular formula is C17H20N6O2. The number of H-pyrrole nitrogens is 1. The van der Waals surface area contributed by atoms with Crippen molar-refractivity contribution in [2.24, 2.45) is 0 Å². The van der Waals surface area contributed by atoms with Gasteiger partial charge in [0.2, 0.25) is 5.95 Å². The standard InChI is InChI=1S/C17H20N6O2/c1-2-23(8-10-3-5-11(6-4-10)16(24)25)9-12-7-20-15-13(12)14(18)21-17(19)22-15/h3-7H,2,8-9H2,1H3,(H,24,25)(H5,18,19,20,21,22). The number of benzene rings is 1. The Hall–Kier alpha value is -3.13. The largest absolute Gasteiger partial charge is 0.478 e. The highest BCUT2D eigenvalue weighted by molar-refractivity contribution is 5.90. The molecule has 0 aliphatic carbocycles. The summed E-state index contributed by atoms with van der Waals surface area (Å²) in [5.74, 6) is -0.419. The number of carboxylic acid groups (broad SMARTS) is 1. The number of carboxylic acids is 1. The number of nitrogens with zero attached hydrogens (tertiary/aromatic N) is 3. The van der Waals surface area contributed by atoms with Crippen molar-refractivity contribution in [3.8, 4) is 0 Å². The Morgan fingerprint density at radius 2 is 1.92 bits per heavy atom. The fourth-order valence-corrected chi connectivity index (χ4v) is 2.80. The fraction of sp³-hybridized carbons (Fsp3) is 0.235. The summed E-state index contributed by atoms with van der Waals surface area (Å²) in [5, 5.41) is 9.76. The Bertz CT molecular complexity index is 903. The summed E-state index contributed by atoms with van der Waals surface area (Å²) >= 11 is 0. The minimum Gasteiger partial charge on any atom is -0.478 e. The van der Waals surface area contributed by atoms with E-state index in [1.54, 1.807) is 12.1 Å². The van der Waals surface area contributed by atoms with E-state index in [2.05, 4.69) is 26.8 Å². The molecule has 0 fully saturated rings. The van der Waals surface area contributed by atoms with Crippen molar-refractivity contribution >= 4 is 28.8 Å². The van der Waals surface area contributed by atoms with Crippen molar-refractivity contribution in [3.63, 3.8) is 0 Å². The van der Waals surface area contributed by atoms with E-state index >= 15 is 0 Å². The van der Waals surface area contributed by atoms with E-state index in [9.17, 15) is 4.79 Å². The summed E-state index contributed by atoms with van der Waals surface area (Å²) in [6, 6.07) is 6.90. The second-order valence-corrected chi connectivity index (χ2v) is 5.81. The van der Waals surface area contributed by atoms with Crippen molar-refractivity contribution < 1.29 is 9.90 Å². The van der Waals surface area contributed by atoms with Gasteiger partial charge in [0.05, 0.1) is 10.9 Å². The molecule has 0 radical (unpaired) electrons. The molecule has 130 valence electrons. The molecule has 25 heavy (non-hydrogen) atoms. The Morgan fingerprint density at radius 3 is 2.56 bits per heavy atom. The van der Waals surface area contributed by atoms with Crippen LogP contribution in [0, 0.1) is 0 Å². The van der Waals surface area contributed by atoms with Crippen molar-refractivity contribution in [3.05, 3.63) is 47.2 Å². The first-order valence-electron chi connectivity index (χ1n) is 7.91. The van der Waals surface area contributed by atoms with Crippen LogP contribution in [0.2, 0.25) is 0 Å². The van der Waals surface area contributed by atoms with E-state index in [-0.39, 0.29) is 11.5 Å². The molecule has 8 nitrogen and oxygen atoms in total. The van der Waals surface area contributed by atoms with E-state index in [4.69, 9.17) is 16.6 Å². The van der Waals surface area contributed by atoms with Crippen LogP contribution in [0.15, 0.2) is 30.5 Å². The fourth-order valence-electron chi connectivity index (χ4n) is 2.80. The highest BCUT2D eigenvalue weighted by Crippen LogP contribution is 2.24. The van der Waals surface area contributed by atoms with Gasteiger partial charge in [-0.1, -0.05) is 19.1 Å². The maximum atomic E-state index is 10.9. The number of carbonyl (C=O) groups is 1. The first-order chi connectivity index (χ1) is 12.0. The highest BCUT2D eigenvalue weighted by atomic mass is 16.4. The summed E-state index contributed by atoms with van der Waals surface area (Å²) in [5.41, 5.74) is 14.6. The molecule has 6 N–H and O–H groups in total. The number of aromatic nitrogens is 3. The van der Waals surface area contributed by atoms with Gasteiger partial charge in [0.25, 0.3) is 0 Å². The molecule has 0 saturated carbocycles. The van der Waals surface area contributed by atoms with E-state index < -0.39 is 5.97 Å². The molecule has 8 heteroatoms. The minimum atomic E-state index is -0.924. The molecule has 2 heterocycles. The van der Waals surface area contributed by atoms with Gasteiger partial charge < -0.3 is 21.6 Å². The third-order valence-corrected chi connectivity index (χ3v) is 4.11. The van der Waals surface area contributed by atoms with Gasteiger partial charge in [-0.3, -0.25) is 4.90 Å². The monoisotopic (exact) mass is 340 g/mol. The molecule has 0 aliphatic heterocycles. The molecular weight excluding hydrogens is 320 g/mol. The quantitative estimate of drug-likeness (QED) is 0.538. The summed E-state index contributed by atoms with van der Waals surface area (Å²) in [4.78, 5) is 24.4. The predicted octanol–water partition coefficient (Wildman–Crippen LogP) is 1.84. The predicted molar refractivity (Wildman–Crippen MR) is 95.9 cm³/mol. The van der Waals surface area contributed by atoms with Gasteiger partial charge in [0.15, 0.2) is 0 Å². The number of anilines is 2. The average molecular weight is 340 g/mol. The molecule has 2 aromatic heterocycles. The second kappa shape index (κ2) is 6.78.